The van der Waals surface area contributed by atoms with Crippen molar-refractivity contribution in [1.29, 1.82) is 0 Å². The van der Waals surface area contributed by atoms with Crippen LogP contribution in [0.25, 0.3) is 6.08 Å². The van der Waals surface area contributed by atoms with E-state index in [2.05, 4.69) is 36.3 Å². The van der Waals surface area contributed by atoms with Crippen LogP contribution in [-0.2, 0) is 14.3 Å². The van der Waals surface area contributed by atoms with E-state index >= 15 is 0 Å². The number of hydrogen-bond acceptors (Lipinski definition) is 5. The Labute approximate surface area is 167 Å². The van der Waals surface area contributed by atoms with E-state index in [0.717, 1.165) is 18.7 Å². The van der Waals surface area contributed by atoms with Crippen molar-refractivity contribution in [2.24, 2.45) is 0 Å². The summed E-state index contributed by atoms with van der Waals surface area (Å²) in [5.74, 6) is -0.373. The van der Waals surface area contributed by atoms with E-state index in [4.69, 9.17) is 9.47 Å². The summed E-state index contributed by atoms with van der Waals surface area (Å²) in [6, 6.07) is 7.22. The molecule has 7 nitrogen and oxygen atoms in total. The minimum atomic E-state index is -0.373. The Kier molecular flexibility index (Phi) is 8.47. The number of benzene rings is 1. The van der Waals surface area contributed by atoms with Gasteiger partial charge in [0.1, 0.15) is 0 Å². The molecule has 1 heterocycles. The Bertz CT molecular complexity index is 665. The smallest absolute Gasteiger partial charge is 0.330 e. The van der Waals surface area contributed by atoms with E-state index < -0.39 is 0 Å². The van der Waals surface area contributed by atoms with Gasteiger partial charge in [0.2, 0.25) is 0 Å². The predicted octanol–water partition coefficient (Wildman–Crippen LogP) is 2.88. The molecule has 1 aliphatic rings. The number of carbonyl (C=O) groups excluding carboxylic acids is 2. The number of ether oxygens (including phenoxy) is 2. The monoisotopic (exact) mass is 389 g/mol. The fourth-order valence-electron chi connectivity index (χ4n) is 3.15. The van der Waals surface area contributed by atoms with Gasteiger partial charge in [-0.3, -0.25) is 4.90 Å². The minimum absolute atomic E-state index is 0.205. The maximum absolute atomic E-state index is 12.2. The fraction of sp³-hybridized carbons (Fsp3) is 0.524. The van der Waals surface area contributed by atoms with Crippen LogP contribution in [0.1, 0.15) is 33.3 Å². The Balaban J connectivity index is 1.77. The largest absolute Gasteiger partial charge is 0.463 e. The molecule has 1 saturated heterocycles. The summed E-state index contributed by atoms with van der Waals surface area (Å²) in [6.07, 6.45) is 3.47. The van der Waals surface area contributed by atoms with Crippen LogP contribution >= 0.6 is 0 Å². The topological polar surface area (TPSA) is 79.9 Å². The van der Waals surface area contributed by atoms with Gasteiger partial charge in [0, 0.05) is 37.4 Å². The molecule has 0 saturated carbocycles. The quantitative estimate of drug-likeness (QED) is 0.554. The average Bonchev–Trinajstić information content (AvgIpc) is 2.65. The van der Waals surface area contributed by atoms with Gasteiger partial charge in [0.05, 0.1) is 18.8 Å². The molecule has 2 N–H and O–H groups in total. The highest BCUT2D eigenvalue weighted by molar-refractivity contribution is 5.90. The molecule has 2 amide bonds. The second kappa shape index (κ2) is 10.8. The zero-order valence-corrected chi connectivity index (χ0v) is 17.1. The van der Waals surface area contributed by atoms with Crippen molar-refractivity contribution < 1.29 is 19.1 Å². The van der Waals surface area contributed by atoms with E-state index in [9.17, 15) is 9.59 Å². The van der Waals surface area contributed by atoms with Gasteiger partial charge in [-0.05, 0) is 51.5 Å². The highest BCUT2D eigenvalue weighted by atomic mass is 16.5. The third-order valence-corrected chi connectivity index (χ3v) is 4.50. The van der Waals surface area contributed by atoms with Gasteiger partial charge in [0.15, 0.2) is 0 Å². The number of urea groups is 1. The normalized spacial score (nSPS) is 21.3. The van der Waals surface area contributed by atoms with E-state index in [0.29, 0.717) is 18.8 Å². The summed E-state index contributed by atoms with van der Waals surface area (Å²) in [6.45, 7) is 10.7. The highest BCUT2D eigenvalue weighted by Crippen LogP contribution is 2.14. The highest BCUT2D eigenvalue weighted by Gasteiger charge is 2.25. The van der Waals surface area contributed by atoms with E-state index in [1.807, 2.05) is 12.1 Å². The Morgan fingerprint density at radius 1 is 1.25 bits per heavy atom. The molecule has 1 aromatic carbocycles. The molecule has 0 radical (unpaired) electrons. The van der Waals surface area contributed by atoms with Crippen molar-refractivity contribution in [2.75, 3.05) is 31.6 Å². The van der Waals surface area contributed by atoms with Crippen LogP contribution in [0.15, 0.2) is 30.3 Å². The van der Waals surface area contributed by atoms with Crippen LogP contribution in [0, 0.1) is 0 Å². The van der Waals surface area contributed by atoms with Crippen LogP contribution in [0.5, 0.6) is 0 Å². The first-order valence-corrected chi connectivity index (χ1v) is 9.76. The van der Waals surface area contributed by atoms with E-state index in [1.54, 1.807) is 25.1 Å². The molecule has 3 atom stereocenters. The van der Waals surface area contributed by atoms with Crippen molar-refractivity contribution in [3.8, 4) is 0 Å². The molecule has 0 unspecified atom stereocenters. The van der Waals surface area contributed by atoms with Crippen LogP contribution in [0.3, 0.4) is 0 Å². The third kappa shape index (κ3) is 7.32. The molecule has 1 aliphatic heterocycles. The van der Waals surface area contributed by atoms with Crippen molar-refractivity contribution in [2.45, 2.75) is 45.9 Å². The zero-order valence-electron chi connectivity index (χ0n) is 17.1. The number of hydrogen-bond donors (Lipinski definition) is 2. The summed E-state index contributed by atoms with van der Waals surface area (Å²) in [5.41, 5.74) is 1.54. The van der Waals surface area contributed by atoms with Crippen molar-refractivity contribution in [1.82, 2.24) is 10.2 Å². The van der Waals surface area contributed by atoms with Gasteiger partial charge in [-0.1, -0.05) is 12.1 Å². The standard InChI is InChI=1S/C21H31N3O4/c1-5-27-20(25)11-8-18-6-9-19(10-7-18)23-21(26)22-12-15(2)24-13-16(3)28-17(4)14-24/h6-11,15-17H,5,12-14H2,1-4H3,(H2,22,23,26)/b11-8+/t15-,16+,17+/m0/s1. The predicted molar refractivity (Wildman–Crippen MR) is 110 cm³/mol. The molecule has 154 valence electrons. The lowest BCUT2D eigenvalue weighted by Crippen LogP contribution is -2.52. The van der Waals surface area contributed by atoms with Crippen LogP contribution in [0.4, 0.5) is 10.5 Å². The molecule has 1 aromatic rings. The molecule has 0 bridgehead atoms. The average molecular weight is 389 g/mol. The molecule has 0 spiro atoms. The summed E-state index contributed by atoms with van der Waals surface area (Å²) >= 11 is 0. The van der Waals surface area contributed by atoms with Crippen LogP contribution in [-0.4, -0.2) is 61.4 Å². The lowest BCUT2D eigenvalue weighted by molar-refractivity contribution is -0.137. The second-order valence-corrected chi connectivity index (χ2v) is 7.10. The Hall–Kier alpha value is -2.38. The van der Waals surface area contributed by atoms with E-state index in [1.165, 1.54) is 6.08 Å². The number of carbonyl (C=O) groups is 2. The maximum atomic E-state index is 12.2. The molecule has 2 rings (SSSR count). The molecular weight excluding hydrogens is 358 g/mol. The summed E-state index contributed by atoms with van der Waals surface area (Å²) in [4.78, 5) is 25.8. The zero-order chi connectivity index (χ0) is 20.5. The van der Waals surface area contributed by atoms with Crippen LogP contribution < -0.4 is 10.6 Å². The fourth-order valence-corrected chi connectivity index (χ4v) is 3.15. The minimum Gasteiger partial charge on any atom is -0.463 e. The number of morpholine rings is 1. The van der Waals surface area contributed by atoms with Gasteiger partial charge in [-0.15, -0.1) is 0 Å². The lowest BCUT2D eigenvalue weighted by Gasteiger charge is -2.38. The number of esters is 1. The van der Waals surface area contributed by atoms with Crippen molar-refractivity contribution in [3.63, 3.8) is 0 Å². The summed E-state index contributed by atoms with van der Waals surface area (Å²) < 4.78 is 10.6. The third-order valence-electron chi connectivity index (χ3n) is 4.50. The second-order valence-electron chi connectivity index (χ2n) is 7.10. The molecule has 1 fully saturated rings. The number of rotatable bonds is 7. The molecule has 0 aliphatic carbocycles. The Morgan fingerprint density at radius 3 is 2.50 bits per heavy atom. The van der Waals surface area contributed by atoms with Gasteiger partial charge in [0.25, 0.3) is 0 Å². The first kappa shape index (κ1) is 21.9. The SMILES string of the molecule is CCOC(=O)/C=C/c1ccc(NC(=O)NC[C@H](C)N2C[C@@H](C)O[C@H](C)C2)cc1. The number of nitrogens with one attached hydrogen (secondary N) is 2. The van der Waals surface area contributed by atoms with E-state index in [-0.39, 0.29) is 30.3 Å². The number of anilines is 1. The molecule has 0 aromatic heterocycles. The van der Waals surface area contributed by atoms with Crippen molar-refractivity contribution in [3.05, 3.63) is 35.9 Å². The maximum Gasteiger partial charge on any atom is 0.330 e. The Morgan fingerprint density at radius 2 is 1.89 bits per heavy atom. The van der Waals surface area contributed by atoms with Crippen LogP contribution in [0.2, 0.25) is 0 Å². The number of nitrogens with zero attached hydrogens (tertiary/aromatic N) is 1. The van der Waals surface area contributed by atoms with Gasteiger partial charge in [-0.25, -0.2) is 9.59 Å². The number of amides is 2. The lowest BCUT2D eigenvalue weighted by atomic mass is 10.2. The van der Waals surface area contributed by atoms with Gasteiger partial charge in [-0.2, -0.15) is 0 Å². The summed E-state index contributed by atoms with van der Waals surface area (Å²) in [7, 11) is 0. The first-order valence-electron chi connectivity index (χ1n) is 9.76. The van der Waals surface area contributed by atoms with Gasteiger partial charge < -0.3 is 20.1 Å². The summed E-state index contributed by atoms with van der Waals surface area (Å²) in [5, 5.41) is 5.74. The van der Waals surface area contributed by atoms with Gasteiger partial charge >= 0.3 is 12.0 Å². The van der Waals surface area contributed by atoms with Crippen molar-refractivity contribution >= 4 is 23.8 Å². The first-order chi connectivity index (χ1) is 13.4. The molecule has 7 heteroatoms. The molecular formula is C21H31N3O4. The molecule has 28 heavy (non-hydrogen) atoms.